The van der Waals surface area contributed by atoms with Crippen LogP contribution in [0.1, 0.15) is 36.0 Å². The predicted molar refractivity (Wildman–Crippen MR) is 106 cm³/mol. The van der Waals surface area contributed by atoms with Crippen molar-refractivity contribution in [3.63, 3.8) is 0 Å². The van der Waals surface area contributed by atoms with E-state index in [-0.39, 0.29) is 12.1 Å². The molecule has 4 heterocycles. The molecule has 1 aliphatic heterocycles. The van der Waals surface area contributed by atoms with E-state index >= 15 is 0 Å². The molecule has 0 bridgehead atoms. The van der Waals surface area contributed by atoms with Gasteiger partial charge in [-0.25, -0.2) is 4.98 Å². The van der Waals surface area contributed by atoms with Gasteiger partial charge >= 0.3 is 0 Å². The van der Waals surface area contributed by atoms with E-state index in [1.54, 1.807) is 0 Å². The Bertz CT molecular complexity index is 903. The zero-order valence-corrected chi connectivity index (χ0v) is 15.6. The number of rotatable bonds is 4. The van der Waals surface area contributed by atoms with Gasteiger partial charge in [-0.3, -0.25) is 4.98 Å². The molecule has 1 saturated heterocycles. The lowest BCUT2D eigenvalue weighted by molar-refractivity contribution is 0.321. The lowest BCUT2D eigenvalue weighted by atomic mass is 10.0. The quantitative estimate of drug-likeness (QED) is 0.718. The van der Waals surface area contributed by atoms with Crippen molar-refractivity contribution in [1.29, 1.82) is 0 Å². The molecular weight excluding hydrogens is 342 g/mol. The Hall–Kier alpha value is -2.73. The normalized spacial score (nSPS) is 19.6. The molecule has 2 atom stereocenters. The van der Waals surface area contributed by atoms with E-state index in [1.807, 2.05) is 43.6 Å². The third kappa shape index (κ3) is 2.86. The van der Waals surface area contributed by atoms with Crippen LogP contribution in [0.4, 0.5) is 0 Å². The minimum Gasteiger partial charge on any atom is -0.352 e. The maximum Gasteiger partial charge on any atom is 0.170 e. The van der Waals surface area contributed by atoms with E-state index in [0.29, 0.717) is 0 Å². The van der Waals surface area contributed by atoms with Gasteiger partial charge in [-0.05, 0) is 62.0 Å². The largest absolute Gasteiger partial charge is 0.352 e. The van der Waals surface area contributed by atoms with Crippen molar-refractivity contribution in [2.75, 3.05) is 6.54 Å². The summed E-state index contributed by atoms with van der Waals surface area (Å²) < 4.78 is 2.14. The van der Waals surface area contributed by atoms with Crippen molar-refractivity contribution in [2.45, 2.75) is 25.9 Å². The molecule has 0 unspecified atom stereocenters. The zero-order valence-electron chi connectivity index (χ0n) is 14.8. The maximum atomic E-state index is 5.61. The topological polar surface area (TPSA) is 46.0 Å². The molecule has 132 valence electrons. The summed E-state index contributed by atoms with van der Waals surface area (Å²) in [6.07, 6.45) is 5.77. The first-order valence-electron chi connectivity index (χ1n) is 8.77. The fraction of sp³-hybridized carbons (Fsp3) is 0.250. The first-order valence-corrected chi connectivity index (χ1v) is 9.18. The monoisotopic (exact) mass is 363 g/mol. The van der Waals surface area contributed by atoms with Crippen molar-refractivity contribution < 1.29 is 0 Å². The van der Waals surface area contributed by atoms with Gasteiger partial charge in [-0.2, -0.15) is 0 Å². The molecule has 5 nitrogen and oxygen atoms in total. The van der Waals surface area contributed by atoms with Crippen LogP contribution in [-0.2, 0) is 0 Å². The lowest BCUT2D eigenvalue weighted by Crippen LogP contribution is -2.30. The number of hydrogen-bond donors (Lipinski definition) is 1. The van der Waals surface area contributed by atoms with E-state index in [9.17, 15) is 0 Å². The number of aromatic nitrogens is 3. The Kier molecular flexibility index (Phi) is 4.42. The molecule has 0 aromatic carbocycles. The highest BCUT2D eigenvalue weighted by Crippen LogP contribution is 2.39. The molecule has 4 rings (SSSR count). The molecule has 1 N–H and O–H groups in total. The van der Waals surface area contributed by atoms with E-state index < -0.39 is 0 Å². The standard InChI is InChI=1S/C20H21N5S/c1-3-24-19(18(23-20(24)26)15-7-4-5-11-21-15)16-8-6-12-25(16)17-10-9-14(2)13-22-17/h4-13,18-19H,3H2,1-2H3,(H,23,26)/t18-,19+/m0/s1. The Morgan fingerprint density at radius 1 is 1.12 bits per heavy atom. The van der Waals surface area contributed by atoms with Crippen LogP contribution in [-0.4, -0.2) is 31.1 Å². The second-order valence-corrected chi connectivity index (χ2v) is 6.80. The van der Waals surface area contributed by atoms with Crippen molar-refractivity contribution in [1.82, 2.24) is 24.8 Å². The fourth-order valence-corrected chi connectivity index (χ4v) is 3.88. The maximum absolute atomic E-state index is 5.61. The number of likely N-dealkylation sites (N-methyl/N-ethyl adjacent to an activating group) is 1. The molecule has 0 aliphatic carbocycles. The third-order valence-electron chi connectivity index (χ3n) is 4.76. The summed E-state index contributed by atoms with van der Waals surface area (Å²) in [5.74, 6) is 0.907. The number of nitrogens with zero attached hydrogens (tertiary/aromatic N) is 4. The van der Waals surface area contributed by atoms with Gasteiger partial charge in [0.05, 0.1) is 17.8 Å². The first kappa shape index (κ1) is 16.7. The average Bonchev–Trinajstić information content (AvgIpc) is 3.27. The minimum absolute atomic E-state index is 0.00254. The van der Waals surface area contributed by atoms with Gasteiger partial charge in [0.2, 0.25) is 0 Å². The van der Waals surface area contributed by atoms with Crippen LogP contribution >= 0.6 is 12.2 Å². The van der Waals surface area contributed by atoms with E-state index in [0.717, 1.165) is 34.4 Å². The van der Waals surface area contributed by atoms with Gasteiger partial charge in [0.25, 0.3) is 0 Å². The van der Waals surface area contributed by atoms with Crippen LogP contribution in [0.15, 0.2) is 61.1 Å². The number of aryl methyl sites for hydroxylation is 1. The van der Waals surface area contributed by atoms with E-state index in [1.165, 1.54) is 0 Å². The molecule has 0 radical (unpaired) electrons. The highest BCUT2D eigenvalue weighted by molar-refractivity contribution is 7.80. The van der Waals surface area contributed by atoms with Gasteiger partial charge in [0, 0.05) is 30.8 Å². The van der Waals surface area contributed by atoms with Gasteiger partial charge in [0.15, 0.2) is 5.11 Å². The Labute approximate surface area is 158 Å². The number of nitrogens with one attached hydrogen (secondary N) is 1. The highest BCUT2D eigenvalue weighted by Gasteiger charge is 2.40. The van der Waals surface area contributed by atoms with Crippen LogP contribution in [0.2, 0.25) is 0 Å². The van der Waals surface area contributed by atoms with Crippen LogP contribution in [0.3, 0.4) is 0 Å². The molecule has 3 aromatic rings. The Morgan fingerprint density at radius 3 is 2.69 bits per heavy atom. The summed E-state index contributed by atoms with van der Waals surface area (Å²) in [7, 11) is 0. The zero-order chi connectivity index (χ0) is 18.1. The number of thiocarbonyl (C=S) groups is 1. The molecule has 3 aromatic heterocycles. The summed E-state index contributed by atoms with van der Waals surface area (Å²) >= 11 is 5.61. The van der Waals surface area contributed by atoms with Gasteiger partial charge in [-0.1, -0.05) is 12.1 Å². The van der Waals surface area contributed by atoms with Crippen molar-refractivity contribution in [2.24, 2.45) is 0 Å². The molecular formula is C20H21N5S. The van der Waals surface area contributed by atoms with Crippen LogP contribution in [0.25, 0.3) is 5.82 Å². The van der Waals surface area contributed by atoms with Crippen LogP contribution in [0, 0.1) is 6.92 Å². The summed E-state index contributed by atoms with van der Waals surface area (Å²) in [6, 6.07) is 14.4. The Morgan fingerprint density at radius 2 is 2.00 bits per heavy atom. The first-order chi connectivity index (χ1) is 12.7. The Balaban J connectivity index is 1.80. The second kappa shape index (κ2) is 6.88. The molecule has 1 aliphatic rings. The van der Waals surface area contributed by atoms with E-state index in [2.05, 4.69) is 56.1 Å². The minimum atomic E-state index is 0.00254. The summed E-state index contributed by atoms with van der Waals surface area (Å²) in [5, 5.41) is 4.22. The molecule has 26 heavy (non-hydrogen) atoms. The summed E-state index contributed by atoms with van der Waals surface area (Å²) in [5.41, 5.74) is 3.28. The van der Waals surface area contributed by atoms with Crippen LogP contribution in [0.5, 0.6) is 0 Å². The second-order valence-electron chi connectivity index (χ2n) is 6.41. The average molecular weight is 363 g/mol. The highest BCUT2D eigenvalue weighted by atomic mass is 32.1. The molecule has 0 amide bonds. The molecule has 6 heteroatoms. The van der Waals surface area contributed by atoms with Gasteiger partial charge in [-0.15, -0.1) is 0 Å². The number of pyridine rings is 2. The van der Waals surface area contributed by atoms with E-state index in [4.69, 9.17) is 12.2 Å². The smallest absolute Gasteiger partial charge is 0.170 e. The molecule has 0 spiro atoms. The van der Waals surface area contributed by atoms with Crippen molar-refractivity contribution >= 4 is 17.3 Å². The lowest BCUT2D eigenvalue weighted by Gasteiger charge is -2.27. The molecule has 0 saturated carbocycles. The van der Waals surface area contributed by atoms with Gasteiger partial charge in [0.1, 0.15) is 5.82 Å². The SMILES string of the molecule is CCN1C(=S)N[C@@H](c2ccccn2)[C@H]1c1cccn1-c1ccc(C)cn1. The third-order valence-corrected chi connectivity index (χ3v) is 5.12. The van der Waals surface area contributed by atoms with Gasteiger partial charge < -0.3 is 14.8 Å². The fourth-order valence-electron chi connectivity index (χ4n) is 3.51. The van der Waals surface area contributed by atoms with Crippen molar-refractivity contribution in [3.05, 3.63) is 78.0 Å². The van der Waals surface area contributed by atoms with Crippen LogP contribution < -0.4 is 5.32 Å². The molecule has 1 fully saturated rings. The summed E-state index contributed by atoms with van der Waals surface area (Å²) in [6.45, 7) is 4.99. The number of hydrogen-bond acceptors (Lipinski definition) is 3. The predicted octanol–water partition coefficient (Wildman–Crippen LogP) is 3.57. The summed E-state index contributed by atoms with van der Waals surface area (Å²) in [4.78, 5) is 11.4. The van der Waals surface area contributed by atoms with Crippen molar-refractivity contribution in [3.8, 4) is 5.82 Å².